The molecule has 0 aliphatic carbocycles. The maximum atomic E-state index is 13.1. The summed E-state index contributed by atoms with van der Waals surface area (Å²) in [6, 6.07) is 7.49. The fourth-order valence-corrected chi connectivity index (χ4v) is 6.29. The number of unbranched alkanes of at least 4 members (excludes halogenated alkanes) is 13. The lowest BCUT2D eigenvalue weighted by molar-refractivity contribution is -0.116. The first-order chi connectivity index (χ1) is 19.5. The molecule has 2 rings (SSSR count). The Kier molecular flexibility index (Phi) is 18.6. The molecule has 2 unspecified atom stereocenters. The molecule has 40 heavy (non-hydrogen) atoms. The predicted octanol–water partition coefficient (Wildman–Crippen LogP) is 9.80. The van der Waals surface area contributed by atoms with E-state index < -0.39 is 4.83 Å². The summed E-state index contributed by atoms with van der Waals surface area (Å²) in [5, 5.41) is 10.3. The van der Waals surface area contributed by atoms with Gasteiger partial charge < -0.3 is 5.32 Å². The van der Waals surface area contributed by atoms with Crippen LogP contribution in [-0.2, 0) is 4.79 Å². The van der Waals surface area contributed by atoms with Crippen LogP contribution >= 0.6 is 27.9 Å². The van der Waals surface area contributed by atoms with E-state index in [1.807, 2.05) is 5.12 Å². The number of anilines is 1. The van der Waals surface area contributed by atoms with E-state index in [0.29, 0.717) is 18.0 Å². The quantitative estimate of drug-likeness (QED) is 0.0541. The van der Waals surface area contributed by atoms with E-state index in [2.05, 4.69) is 52.0 Å². The second-order valence-electron chi connectivity index (χ2n) is 11.0. The van der Waals surface area contributed by atoms with Crippen LogP contribution in [0, 0.1) is 0 Å². The van der Waals surface area contributed by atoms with Gasteiger partial charge in [0.15, 0.2) is 5.78 Å². The molecule has 1 aliphatic rings. The first kappa shape index (κ1) is 34.8. The van der Waals surface area contributed by atoms with Gasteiger partial charge in [-0.05, 0) is 55.5 Å². The van der Waals surface area contributed by atoms with Gasteiger partial charge in [-0.15, -0.1) is 0 Å². The number of nitrogens with one attached hydrogen (secondary N) is 2. The smallest absolute Gasteiger partial charge is 0.224 e. The first-order valence-corrected chi connectivity index (χ1v) is 17.6. The lowest BCUT2D eigenvalue weighted by Crippen LogP contribution is -2.34. The zero-order chi connectivity index (χ0) is 29.0. The van der Waals surface area contributed by atoms with Crippen LogP contribution in [-0.4, -0.2) is 32.7 Å². The third kappa shape index (κ3) is 13.5. The van der Waals surface area contributed by atoms with Crippen molar-refractivity contribution in [2.45, 2.75) is 147 Å². The summed E-state index contributed by atoms with van der Waals surface area (Å²) in [4.78, 5) is 28.2. The lowest BCUT2D eigenvalue weighted by Gasteiger charge is -2.23. The number of carbonyl (C=O) groups is 2. The highest BCUT2D eigenvalue weighted by Crippen LogP contribution is 2.26. The van der Waals surface area contributed by atoms with Gasteiger partial charge in [-0.2, -0.15) is 9.93 Å². The Hall–Kier alpha value is -1.38. The Balaban J connectivity index is 1.62. The Labute approximate surface area is 256 Å². The number of nitrogens with zero attached hydrogens (tertiary/aromatic N) is 2. The number of hydrogen-bond donors (Lipinski definition) is 2. The molecular formula is C32H53BrN4O2S. The number of benzene rings is 1. The molecule has 0 aromatic heterocycles. The molecule has 2 N–H and O–H groups in total. The number of alkyl halides is 1. The largest absolute Gasteiger partial charge is 0.326 e. The minimum absolute atomic E-state index is 0.0388. The molecule has 1 aromatic carbocycles. The number of rotatable bonds is 23. The Morgan fingerprint density at radius 3 is 1.95 bits per heavy atom. The molecule has 2 atom stereocenters. The normalized spacial score (nSPS) is 14.7. The number of halogens is 1. The van der Waals surface area contributed by atoms with E-state index in [9.17, 15) is 9.59 Å². The van der Waals surface area contributed by atoms with Crippen molar-refractivity contribution in [3.63, 3.8) is 0 Å². The molecule has 0 radical (unpaired) electrons. The predicted molar refractivity (Wildman–Crippen MR) is 176 cm³/mol. The average Bonchev–Trinajstić information content (AvgIpc) is 3.45. The second-order valence-corrected chi connectivity index (χ2v) is 12.7. The minimum atomic E-state index is -0.505. The van der Waals surface area contributed by atoms with Crippen LogP contribution in [0.15, 0.2) is 29.4 Å². The van der Waals surface area contributed by atoms with Gasteiger partial charge in [0, 0.05) is 17.7 Å². The third-order valence-electron chi connectivity index (χ3n) is 7.57. The van der Waals surface area contributed by atoms with Crippen molar-refractivity contribution >= 4 is 50.3 Å². The van der Waals surface area contributed by atoms with Crippen LogP contribution < -0.4 is 10.1 Å². The van der Waals surface area contributed by atoms with Crippen LogP contribution in [0.2, 0.25) is 0 Å². The number of Topliss-reactive ketones (excluding diaryl/α,β-unsaturated/α-hetero) is 1. The number of amides is 1. The minimum Gasteiger partial charge on any atom is -0.326 e. The highest BCUT2D eigenvalue weighted by molar-refractivity contribution is 9.10. The van der Waals surface area contributed by atoms with Gasteiger partial charge in [-0.3, -0.25) is 9.59 Å². The Morgan fingerprint density at radius 1 is 0.850 bits per heavy atom. The van der Waals surface area contributed by atoms with Crippen LogP contribution in [0.25, 0.3) is 0 Å². The van der Waals surface area contributed by atoms with E-state index >= 15 is 0 Å². The van der Waals surface area contributed by atoms with E-state index in [1.54, 1.807) is 24.3 Å². The van der Waals surface area contributed by atoms with Gasteiger partial charge in [0.25, 0.3) is 0 Å². The van der Waals surface area contributed by atoms with Gasteiger partial charge in [0.1, 0.15) is 9.87 Å². The molecule has 226 valence electrons. The molecule has 1 aromatic rings. The molecule has 0 saturated heterocycles. The summed E-state index contributed by atoms with van der Waals surface area (Å²) in [5.41, 5.74) is 1.32. The SMILES string of the molecule is CCCCCCCCCCCCCCCC(=O)Nc1ccc(C(=O)C(Br)C2=NN(C(CC)CCCC)NS2)cc1. The van der Waals surface area contributed by atoms with Crippen molar-refractivity contribution in [2.24, 2.45) is 5.10 Å². The number of carbonyl (C=O) groups excluding carboxylic acids is 2. The monoisotopic (exact) mass is 636 g/mol. The molecule has 0 saturated carbocycles. The van der Waals surface area contributed by atoms with Crippen molar-refractivity contribution in [3.8, 4) is 0 Å². The van der Waals surface area contributed by atoms with Gasteiger partial charge in [-0.1, -0.05) is 127 Å². The summed E-state index contributed by atoms with van der Waals surface area (Å²) in [5.74, 6) is -0.00157. The number of hydrazine groups is 1. The van der Waals surface area contributed by atoms with E-state index in [4.69, 9.17) is 0 Å². The van der Waals surface area contributed by atoms with E-state index in [-0.39, 0.29) is 11.7 Å². The van der Waals surface area contributed by atoms with Crippen LogP contribution in [0.4, 0.5) is 5.69 Å². The zero-order valence-electron chi connectivity index (χ0n) is 25.2. The maximum absolute atomic E-state index is 13.1. The van der Waals surface area contributed by atoms with Crippen molar-refractivity contribution in [1.29, 1.82) is 0 Å². The van der Waals surface area contributed by atoms with E-state index in [0.717, 1.165) is 49.3 Å². The highest BCUT2D eigenvalue weighted by atomic mass is 79.9. The molecule has 1 aliphatic heterocycles. The number of ketones is 1. The van der Waals surface area contributed by atoms with Gasteiger partial charge in [-0.25, -0.2) is 5.12 Å². The van der Waals surface area contributed by atoms with Crippen molar-refractivity contribution in [3.05, 3.63) is 29.8 Å². The summed E-state index contributed by atoms with van der Waals surface area (Å²) < 4.78 is 0. The van der Waals surface area contributed by atoms with Crippen LogP contribution in [0.3, 0.4) is 0 Å². The van der Waals surface area contributed by atoms with Crippen LogP contribution in [0.1, 0.15) is 147 Å². The molecule has 0 bridgehead atoms. The molecule has 6 nitrogen and oxygen atoms in total. The number of hydrogen-bond acceptors (Lipinski definition) is 6. The van der Waals surface area contributed by atoms with Gasteiger partial charge >= 0.3 is 0 Å². The van der Waals surface area contributed by atoms with Crippen molar-refractivity contribution in [2.75, 3.05) is 5.32 Å². The molecule has 1 heterocycles. The maximum Gasteiger partial charge on any atom is 0.224 e. The molecule has 0 fully saturated rings. The standard InChI is InChI=1S/C32H53BrN4O2S/c1-4-7-9-10-11-12-13-14-15-16-17-18-19-21-29(38)34-27-24-22-26(23-25-27)31(39)30(33)32-35-37(36-40-32)28(6-3)20-8-5-2/h22-25,28,30,36H,4-21H2,1-3H3,(H,34,38). The Morgan fingerprint density at radius 2 is 1.40 bits per heavy atom. The molecular weight excluding hydrogens is 584 g/mol. The van der Waals surface area contributed by atoms with Crippen molar-refractivity contribution < 1.29 is 9.59 Å². The summed E-state index contributed by atoms with van der Waals surface area (Å²) in [7, 11) is 0. The van der Waals surface area contributed by atoms with E-state index in [1.165, 1.54) is 82.6 Å². The zero-order valence-corrected chi connectivity index (χ0v) is 27.6. The highest BCUT2D eigenvalue weighted by Gasteiger charge is 2.30. The third-order valence-corrected chi connectivity index (χ3v) is 9.52. The number of hydrazone groups is 1. The van der Waals surface area contributed by atoms with Crippen molar-refractivity contribution in [1.82, 2.24) is 9.95 Å². The summed E-state index contributed by atoms with van der Waals surface area (Å²) in [6.07, 6.45) is 21.8. The average molecular weight is 638 g/mol. The first-order valence-electron chi connectivity index (χ1n) is 15.9. The van der Waals surface area contributed by atoms with Gasteiger partial charge in [0.2, 0.25) is 5.91 Å². The fraction of sp³-hybridized carbons (Fsp3) is 0.719. The topological polar surface area (TPSA) is 73.8 Å². The molecule has 1 amide bonds. The fourth-order valence-electron chi connectivity index (χ4n) is 4.94. The summed E-state index contributed by atoms with van der Waals surface area (Å²) in [6.45, 7) is 6.62. The second kappa shape index (κ2) is 21.3. The Bertz CT molecular complexity index is 880. The van der Waals surface area contributed by atoms with Crippen LogP contribution in [0.5, 0.6) is 0 Å². The molecule has 8 heteroatoms. The van der Waals surface area contributed by atoms with Gasteiger partial charge in [0.05, 0.1) is 6.04 Å². The lowest BCUT2D eigenvalue weighted by atomic mass is 10.0. The summed E-state index contributed by atoms with van der Waals surface area (Å²) >= 11 is 4.94. The molecule has 0 spiro atoms.